The van der Waals surface area contributed by atoms with Crippen LogP contribution in [0.3, 0.4) is 0 Å². The van der Waals surface area contributed by atoms with Gasteiger partial charge in [-0.2, -0.15) is 0 Å². The lowest BCUT2D eigenvalue weighted by Crippen LogP contribution is -2.35. The van der Waals surface area contributed by atoms with Gasteiger partial charge in [0.15, 0.2) is 5.17 Å². The average Bonchev–Trinajstić information content (AvgIpc) is 3.05. The van der Waals surface area contributed by atoms with Gasteiger partial charge in [-0.25, -0.2) is 4.99 Å². The third-order valence-corrected chi connectivity index (χ3v) is 6.02. The van der Waals surface area contributed by atoms with E-state index in [9.17, 15) is 4.79 Å². The van der Waals surface area contributed by atoms with Gasteiger partial charge < -0.3 is 4.74 Å². The van der Waals surface area contributed by atoms with Crippen molar-refractivity contribution in [2.24, 2.45) is 4.99 Å². The van der Waals surface area contributed by atoms with Crippen LogP contribution < -0.4 is 4.74 Å². The molecule has 152 valence electrons. The van der Waals surface area contributed by atoms with Gasteiger partial charge in [0.2, 0.25) is 0 Å². The van der Waals surface area contributed by atoms with Gasteiger partial charge in [0, 0.05) is 11.6 Å². The molecule has 1 amide bonds. The molecule has 0 N–H and O–H groups in total. The number of carbonyl (C=O) groups excluding carboxylic acids is 1. The van der Waals surface area contributed by atoms with Crippen molar-refractivity contribution in [3.8, 4) is 5.75 Å². The Balaban J connectivity index is 1.80. The Bertz CT molecular complexity index is 1160. The number of nitrogens with zero attached hydrogens (tertiary/aromatic N) is 2. The molecule has 0 aliphatic carbocycles. The van der Waals surface area contributed by atoms with Crippen LogP contribution in [0.5, 0.6) is 5.75 Å². The van der Waals surface area contributed by atoms with Crippen LogP contribution in [0, 0.1) is 6.92 Å². The molecule has 4 rings (SSSR count). The molecule has 30 heavy (non-hydrogen) atoms. The van der Waals surface area contributed by atoms with E-state index in [0.717, 1.165) is 27.8 Å². The highest BCUT2D eigenvalue weighted by atomic mass is 32.2. The normalized spacial score (nSPS) is 17.0. The first kappa shape index (κ1) is 20.2. The number of rotatable bonds is 4. The minimum absolute atomic E-state index is 0.00881. The van der Waals surface area contributed by atoms with Gasteiger partial charge in [-0.1, -0.05) is 48.0 Å². The first-order valence-electron chi connectivity index (χ1n) is 9.92. The Morgan fingerprint density at radius 2 is 1.77 bits per heavy atom. The summed E-state index contributed by atoms with van der Waals surface area (Å²) in [6.45, 7) is 6.05. The van der Waals surface area contributed by atoms with E-state index < -0.39 is 0 Å². The maximum Gasteiger partial charge on any atom is 0.266 e. The van der Waals surface area contributed by atoms with Gasteiger partial charge >= 0.3 is 0 Å². The van der Waals surface area contributed by atoms with Crippen molar-refractivity contribution >= 4 is 45.4 Å². The lowest BCUT2D eigenvalue weighted by molar-refractivity contribution is -0.123. The summed E-state index contributed by atoms with van der Waals surface area (Å²) in [5.41, 5.74) is 2.93. The van der Waals surface area contributed by atoms with Crippen LogP contribution in [0.2, 0.25) is 0 Å². The second-order valence-electron chi connectivity index (χ2n) is 7.51. The van der Waals surface area contributed by atoms with Crippen molar-refractivity contribution in [2.75, 3.05) is 7.11 Å². The summed E-state index contributed by atoms with van der Waals surface area (Å²) < 4.78 is 5.60. The number of ether oxygens (including phenoxy) is 1. The standard InChI is InChI=1S/C25H24N2O2S/c1-16(2)27-24(28)23(30-25(27)26-19-12-9-17(3)10-13-19)15-21-20-8-6-5-7-18(20)11-14-22(21)29-4/h5-16H,1-4H3/b23-15+,26-25?. The maximum atomic E-state index is 13.3. The van der Waals surface area contributed by atoms with Gasteiger partial charge in [-0.3, -0.25) is 9.69 Å². The largest absolute Gasteiger partial charge is 0.496 e. The topological polar surface area (TPSA) is 41.9 Å². The molecule has 0 radical (unpaired) electrons. The van der Waals surface area contributed by atoms with E-state index >= 15 is 0 Å². The van der Waals surface area contributed by atoms with Crippen molar-refractivity contribution < 1.29 is 9.53 Å². The summed E-state index contributed by atoms with van der Waals surface area (Å²) in [7, 11) is 1.65. The number of carbonyl (C=O) groups is 1. The summed E-state index contributed by atoms with van der Waals surface area (Å²) in [5, 5.41) is 2.86. The van der Waals surface area contributed by atoms with Crippen molar-refractivity contribution in [1.82, 2.24) is 4.90 Å². The molecule has 0 spiro atoms. The smallest absolute Gasteiger partial charge is 0.266 e. The molecule has 0 saturated carbocycles. The molecule has 0 unspecified atom stereocenters. The highest BCUT2D eigenvalue weighted by Crippen LogP contribution is 2.38. The predicted octanol–water partition coefficient (Wildman–Crippen LogP) is 6.17. The third-order valence-electron chi connectivity index (χ3n) is 5.04. The number of hydrogen-bond donors (Lipinski definition) is 0. The molecule has 3 aromatic rings. The Morgan fingerprint density at radius 1 is 1.03 bits per heavy atom. The van der Waals surface area contributed by atoms with E-state index in [4.69, 9.17) is 9.73 Å². The van der Waals surface area contributed by atoms with E-state index in [0.29, 0.717) is 10.1 Å². The van der Waals surface area contributed by atoms with E-state index in [-0.39, 0.29) is 11.9 Å². The zero-order valence-electron chi connectivity index (χ0n) is 17.5. The molecule has 0 aromatic heterocycles. The van der Waals surface area contributed by atoms with E-state index in [1.807, 2.05) is 75.4 Å². The zero-order valence-corrected chi connectivity index (χ0v) is 18.4. The van der Waals surface area contributed by atoms with Crippen LogP contribution in [-0.4, -0.2) is 29.1 Å². The quantitative estimate of drug-likeness (QED) is 0.478. The molecular formula is C25H24N2O2S. The van der Waals surface area contributed by atoms with Crippen molar-refractivity contribution in [3.63, 3.8) is 0 Å². The van der Waals surface area contributed by atoms with Crippen LogP contribution in [0.1, 0.15) is 25.0 Å². The molecule has 4 nitrogen and oxygen atoms in total. The fourth-order valence-corrected chi connectivity index (χ4v) is 4.59. The molecule has 0 bridgehead atoms. The highest BCUT2D eigenvalue weighted by molar-refractivity contribution is 8.18. The van der Waals surface area contributed by atoms with Crippen LogP contribution in [0.4, 0.5) is 5.69 Å². The number of fused-ring (bicyclic) bond motifs is 1. The zero-order chi connectivity index (χ0) is 21.3. The van der Waals surface area contributed by atoms with Crippen molar-refractivity contribution in [1.29, 1.82) is 0 Å². The van der Waals surface area contributed by atoms with Crippen LogP contribution in [0.15, 0.2) is 70.6 Å². The maximum absolute atomic E-state index is 13.3. The number of aliphatic imine (C=N–C) groups is 1. The second-order valence-corrected chi connectivity index (χ2v) is 8.52. The van der Waals surface area contributed by atoms with Gasteiger partial charge in [0.05, 0.1) is 17.7 Å². The Kier molecular flexibility index (Phi) is 5.64. The molecule has 1 fully saturated rings. The minimum atomic E-state index is -0.0316. The Labute approximate surface area is 181 Å². The first-order valence-corrected chi connectivity index (χ1v) is 10.7. The lowest BCUT2D eigenvalue weighted by Gasteiger charge is -2.19. The monoisotopic (exact) mass is 416 g/mol. The lowest BCUT2D eigenvalue weighted by atomic mass is 10.0. The van der Waals surface area contributed by atoms with Crippen LogP contribution >= 0.6 is 11.8 Å². The second kappa shape index (κ2) is 8.36. The summed E-state index contributed by atoms with van der Waals surface area (Å²) in [6.07, 6.45) is 1.93. The summed E-state index contributed by atoms with van der Waals surface area (Å²) in [4.78, 5) is 20.4. The number of hydrogen-bond acceptors (Lipinski definition) is 4. The van der Waals surface area contributed by atoms with E-state index in [2.05, 4.69) is 12.1 Å². The Hall–Kier alpha value is -3.05. The first-order chi connectivity index (χ1) is 14.5. The van der Waals surface area contributed by atoms with E-state index in [1.54, 1.807) is 12.0 Å². The van der Waals surface area contributed by atoms with Crippen molar-refractivity contribution in [2.45, 2.75) is 26.8 Å². The number of thioether (sulfide) groups is 1. The fraction of sp³-hybridized carbons (Fsp3) is 0.200. The molecule has 1 saturated heterocycles. The number of benzene rings is 3. The number of aryl methyl sites for hydroxylation is 1. The van der Waals surface area contributed by atoms with Gasteiger partial charge in [0.25, 0.3) is 5.91 Å². The third kappa shape index (κ3) is 3.85. The SMILES string of the molecule is COc1ccc2ccccc2c1/C=C1/SC(=Nc2ccc(C)cc2)N(C(C)C)C1=O. The summed E-state index contributed by atoms with van der Waals surface area (Å²) in [5.74, 6) is 0.713. The average molecular weight is 417 g/mol. The van der Waals surface area contributed by atoms with Gasteiger partial charge in [-0.15, -0.1) is 0 Å². The molecule has 1 heterocycles. The minimum Gasteiger partial charge on any atom is -0.496 e. The number of amidine groups is 1. The van der Waals surface area contributed by atoms with Crippen LogP contribution in [-0.2, 0) is 4.79 Å². The molecule has 5 heteroatoms. The molecule has 1 aliphatic rings. The molecule has 3 aromatic carbocycles. The van der Waals surface area contributed by atoms with Crippen molar-refractivity contribution in [3.05, 3.63) is 76.7 Å². The van der Waals surface area contributed by atoms with Gasteiger partial charge in [-0.05, 0) is 67.6 Å². The molecule has 0 atom stereocenters. The predicted molar refractivity (Wildman–Crippen MR) is 126 cm³/mol. The van der Waals surface area contributed by atoms with Gasteiger partial charge in [0.1, 0.15) is 5.75 Å². The number of methoxy groups -OCH3 is 1. The summed E-state index contributed by atoms with van der Waals surface area (Å²) >= 11 is 1.41. The van der Waals surface area contributed by atoms with E-state index in [1.165, 1.54) is 17.3 Å². The Morgan fingerprint density at radius 3 is 2.47 bits per heavy atom. The molecule has 1 aliphatic heterocycles. The molecular weight excluding hydrogens is 392 g/mol. The number of amides is 1. The van der Waals surface area contributed by atoms with Crippen LogP contribution in [0.25, 0.3) is 16.8 Å². The fourth-order valence-electron chi connectivity index (χ4n) is 3.48. The summed E-state index contributed by atoms with van der Waals surface area (Å²) in [6, 6.07) is 20.1. The highest BCUT2D eigenvalue weighted by Gasteiger charge is 2.35.